The number of hydrogen-bond donors (Lipinski definition) is 2. The average Bonchev–Trinajstić information content (AvgIpc) is 3.48. The van der Waals surface area contributed by atoms with Crippen molar-refractivity contribution >= 4 is 5.91 Å². The van der Waals surface area contributed by atoms with E-state index in [0.717, 1.165) is 63.9 Å². The molecule has 1 aromatic heterocycles. The summed E-state index contributed by atoms with van der Waals surface area (Å²) in [4.78, 5) is 23.6. The molecule has 6 heteroatoms. The van der Waals surface area contributed by atoms with Crippen molar-refractivity contribution in [2.24, 2.45) is 0 Å². The predicted molar refractivity (Wildman–Crippen MR) is 94.3 cm³/mol. The molecule has 4 rings (SSSR count). The Kier molecular flexibility index (Phi) is 4.99. The molecule has 2 atom stereocenters. The molecule has 6 nitrogen and oxygen atoms in total. The summed E-state index contributed by atoms with van der Waals surface area (Å²) < 4.78 is 0. The minimum absolute atomic E-state index is 0.0829. The molecule has 2 saturated carbocycles. The molecule has 1 saturated heterocycles. The van der Waals surface area contributed by atoms with Crippen LogP contribution in [0.1, 0.15) is 73.6 Å². The van der Waals surface area contributed by atoms with Crippen molar-refractivity contribution in [2.75, 3.05) is 13.1 Å². The highest BCUT2D eigenvalue weighted by Gasteiger charge is 2.32. The first-order valence-electron chi connectivity index (χ1n) is 9.76. The zero-order valence-electron chi connectivity index (χ0n) is 14.7. The Morgan fingerprint density at radius 1 is 1.12 bits per heavy atom. The number of hydrogen-bond acceptors (Lipinski definition) is 5. The van der Waals surface area contributed by atoms with Gasteiger partial charge in [-0.2, -0.15) is 0 Å². The van der Waals surface area contributed by atoms with Crippen LogP contribution in [0.5, 0.6) is 0 Å². The SMILES string of the molecule is O=C(NC1CCN(C2CCCCC2O)CC1)c1ccnc(C2CC2)n1. The topological polar surface area (TPSA) is 78.4 Å². The lowest BCUT2D eigenvalue weighted by molar-refractivity contribution is 0.00726. The van der Waals surface area contributed by atoms with Crippen LogP contribution in [-0.2, 0) is 0 Å². The molecule has 2 aliphatic carbocycles. The maximum absolute atomic E-state index is 12.5. The first kappa shape index (κ1) is 16.9. The molecule has 25 heavy (non-hydrogen) atoms. The molecule has 2 N–H and O–H groups in total. The molecule has 0 spiro atoms. The summed E-state index contributed by atoms with van der Waals surface area (Å²) in [5, 5.41) is 13.4. The molecule has 0 radical (unpaired) electrons. The summed E-state index contributed by atoms with van der Waals surface area (Å²) in [6.45, 7) is 1.90. The molecular formula is C19H28N4O2. The second kappa shape index (κ2) is 7.38. The normalized spacial score (nSPS) is 28.7. The van der Waals surface area contributed by atoms with Crippen LogP contribution in [-0.4, -0.2) is 57.2 Å². The number of amides is 1. The van der Waals surface area contributed by atoms with Gasteiger partial charge in [0.1, 0.15) is 11.5 Å². The van der Waals surface area contributed by atoms with Gasteiger partial charge in [0.2, 0.25) is 0 Å². The van der Waals surface area contributed by atoms with Gasteiger partial charge in [0.05, 0.1) is 6.10 Å². The lowest BCUT2D eigenvalue weighted by Crippen LogP contribution is -2.52. The third-order valence-electron chi connectivity index (χ3n) is 5.88. The molecular weight excluding hydrogens is 316 g/mol. The first-order chi connectivity index (χ1) is 12.2. The Balaban J connectivity index is 1.29. The summed E-state index contributed by atoms with van der Waals surface area (Å²) in [6, 6.07) is 2.21. The summed E-state index contributed by atoms with van der Waals surface area (Å²) in [7, 11) is 0. The number of nitrogens with one attached hydrogen (secondary N) is 1. The van der Waals surface area contributed by atoms with Crippen LogP contribution in [0.4, 0.5) is 0 Å². The lowest BCUT2D eigenvalue weighted by atomic mass is 9.89. The van der Waals surface area contributed by atoms with Gasteiger partial charge in [-0.25, -0.2) is 9.97 Å². The smallest absolute Gasteiger partial charge is 0.270 e. The highest BCUT2D eigenvalue weighted by atomic mass is 16.3. The highest BCUT2D eigenvalue weighted by Crippen LogP contribution is 2.37. The Hall–Kier alpha value is -1.53. The first-order valence-corrected chi connectivity index (χ1v) is 9.76. The van der Waals surface area contributed by atoms with Crippen LogP contribution >= 0.6 is 0 Å². The zero-order chi connectivity index (χ0) is 17.2. The van der Waals surface area contributed by atoms with Gasteiger partial charge in [0.25, 0.3) is 5.91 Å². The van der Waals surface area contributed by atoms with Crippen molar-refractivity contribution in [2.45, 2.75) is 75.5 Å². The maximum Gasteiger partial charge on any atom is 0.270 e. The molecule has 1 aliphatic heterocycles. The third kappa shape index (κ3) is 4.01. The van der Waals surface area contributed by atoms with Gasteiger partial charge in [0, 0.05) is 37.3 Å². The minimum atomic E-state index is -0.179. The standard InChI is InChI=1S/C19H28N4O2/c24-17-4-2-1-3-16(17)23-11-8-14(9-12-23)21-19(25)15-7-10-20-18(22-15)13-5-6-13/h7,10,13-14,16-17,24H,1-6,8-9,11-12H2,(H,21,25). The minimum Gasteiger partial charge on any atom is -0.391 e. The van der Waals surface area contributed by atoms with Gasteiger partial charge in [-0.15, -0.1) is 0 Å². The molecule has 2 heterocycles. The molecule has 1 amide bonds. The summed E-state index contributed by atoms with van der Waals surface area (Å²) in [5.41, 5.74) is 0.488. The molecule has 1 aromatic rings. The Morgan fingerprint density at radius 3 is 2.60 bits per heavy atom. The van der Waals surface area contributed by atoms with Gasteiger partial charge in [-0.1, -0.05) is 12.8 Å². The van der Waals surface area contributed by atoms with Crippen LogP contribution in [0, 0.1) is 0 Å². The number of aliphatic hydroxyl groups is 1. The van der Waals surface area contributed by atoms with E-state index in [2.05, 4.69) is 20.2 Å². The van der Waals surface area contributed by atoms with E-state index in [-0.39, 0.29) is 18.1 Å². The van der Waals surface area contributed by atoms with Crippen molar-refractivity contribution in [3.63, 3.8) is 0 Å². The number of aliphatic hydroxyl groups excluding tert-OH is 1. The quantitative estimate of drug-likeness (QED) is 0.871. The molecule has 136 valence electrons. The Bertz CT molecular complexity index is 611. The van der Waals surface area contributed by atoms with Gasteiger partial charge in [-0.05, 0) is 44.6 Å². The number of nitrogens with zero attached hydrogens (tertiary/aromatic N) is 3. The number of aromatic nitrogens is 2. The van der Waals surface area contributed by atoms with E-state index in [0.29, 0.717) is 17.7 Å². The predicted octanol–water partition coefficient (Wildman–Crippen LogP) is 1.85. The Morgan fingerprint density at radius 2 is 1.88 bits per heavy atom. The van der Waals surface area contributed by atoms with E-state index in [1.807, 2.05) is 0 Å². The fraction of sp³-hybridized carbons (Fsp3) is 0.737. The van der Waals surface area contributed by atoms with E-state index >= 15 is 0 Å². The van der Waals surface area contributed by atoms with Crippen molar-refractivity contribution < 1.29 is 9.90 Å². The summed E-state index contributed by atoms with van der Waals surface area (Å²) in [6.07, 6.45) is 10.1. The molecule has 3 aliphatic rings. The van der Waals surface area contributed by atoms with Gasteiger partial charge in [-0.3, -0.25) is 9.69 Å². The van der Waals surface area contributed by atoms with Crippen molar-refractivity contribution in [3.05, 3.63) is 23.8 Å². The summed E-state index contributed by atoms with van der Waals surface area (Å²) in [5.74, 6) is 1.19. The Labute approximate surface area is 149 Å². The second-order valence-corrected chi connectivity index (χ2v) is 7.78. The van der Waals surface area contributed by atoms with E-state index in [4.69, 9.17) is 0 Å². The average molecular weight is 344 g/mol. The number of rotatable bonds is 4. The maximum atomic E-state index is 12.5. The highest BCUT2D eigenvalue weighted by molar-refractivity contribution is 5.92. The fourth-order valence-electron chi connectivity index (χ4n) is 4.19. The zero-order valence-corrected chi connectivity index (χ0v) is 14.7. The van der Waals surface area contributed by atoms with E-state index in [1.165, 1.54) is 6.42 Å². The number of carbonyl (C=O) groups excluding carboxylic acids is 1. The van der Waals surface area contributed by atoms with E-state index < -0.39 is 0 Å². The van der Waals surface area contributed by atoms with E-state index in [1.54, 1.807) is 12.3 Å². The number of piperidine rings is 1. The van der Waals surface area contributed by atoms with Gasteiger partial charge < -0.3 is 10.4 Å². The monoisotopic (exact) mass is 344 g/mol. The lowest BCUT2D eigenvalue weighted by Gasteiger charge is -2.41. The van der Waals surface area contributed by atoms with Crippen LogP contribution in [0.15, 0.2) is 12.3 Å². The van der Waals surface area contributed by atoms with Crippen LogP contribution in [0.25, 0.3) is 0 Å². The van der Waals surface area contributed by atoms with Crippen molar-refractivity contribution in [3.8, 4) is 0 Å². The molecule has 3 fully saturated rings. The molecule has 0 bridgehead atoms. The summed E-state index contributed by atoms with van der Waals surface area (Å²) >= 11 is 0. The van der Waals surface area contributed by atoms with Gasteiger partial charge >= 0.3 is 0 Å². The number of likely N-dealkylation sites (tertiary alicyclic amines) is 1. The van der Waals surface area contributed by atoms with Crippen LogP contribution in [0.3, 0.4) is 0 Å². The number of carbonyl (C=O) groups is 1. The molecule has 0 aromatic carbocycles. The van der Waals surface area contributed by atoms with Crippen LogP contribution in [0.2, 0.25) is 0 Å². The van der Waals surface area contributed by atoms with E-state index in [9.17, 15) is 9.90 Å². The third-order valence-corrected chi connectivity index (χ3v) is 5.88. The van der Waals surface area contributed by atoms with Crippen molar-refractivity contribution in [1.29, 1.82) is 0 Å². The largest absolute Gasteiger partial charge is 0.391 e. The fourth-order valence-corrected chi connectivity index (χ4v) is 4.19. The second-order valence-electron chi connectivity index (χ2n) is 7.78. The van der Waals surface area contributed by atoms with Crippen molar-refractivity contribution in [1.82, 2.24) is 20.2 Å². The van der Waals surface area contributed by atoms with Gasteiger partial charge in [0.15, 0.2) is 0 Å². The molecule has 2 unspecified atom stereocenters. The van der Waals surface area contributed by atoms with Crippen LogP contribution < -0.4 is 5.32 Å².